The van der Waals surface area contributed by atoms with Crippen LogP contribution in [0.15, 0.2) is 72.8 Å². The van der Waals surface area contributed by atoms with Gasteiger partial charge in [-0.05, 0) is 87.4 Å². The first-order valence-corrected chi connectivity index (χ1v) is 12.0. The Morgan fingerprint density at radius 3 is 2.08 bits per heavy atom. The van der Waals surface area contributed by atoms with Crippen molar-refractivity contribution in [2.24, 2.45) is 0 Å². The molecule has 0 aliphatic heterocycles. The quantitative estimate of drug-likeness (QED) is 0.361. The molecular formula is C29H32N2O6. The Bertz CT molecular complexity index is 1210. The molecule has 194 valence electrons. The van der Waals surface area contributed by atoms with Crippen LogP contribution in [0.25, 0.3) is 0 Å². The van der Waals surface area contributed by atoms with Gasteiger partial charge in [-0.3, -0.25) is 9.59 Å². The van der Waals surface area contributed by atoms with E-state index in [1.165, 1.54) is 12.1 Å². The molecule has 0 heterocycles. The van der Waals surface area contributed by atoms with Crippen LogP contribution in [0.5, 0.6) is 11.5 Å². The van der Waals surface area contributed by atoms with Crippen LogP contribution < -0.4 is 15.4 Å². The summed E-state index contributed by atoms with van der Waals surface area (Å²) in [5.74, 6) is -0.516. The maximum absolute atomic E-state index is 12.9. The number of anilines is 1. The van der Waals surface area contributed by atoms with Crippen LogP contribution in [-0.2, 0) is 20.7 Å². The molecule has 1 atom stereocenters. The van der Waals surface area contributed by atoms with Gasteiger partial charge in [-0.1, -0.05) is 24.3 Å². The lowest BCUT2D eigenvalue weighted by molar-refractivity contribution is -0.157. The van der Waals surface area contributed by atoms with Crippen LogP contribution in [0.2, 0.25) is 0 Å². The van der Waals surface area contributed by atoms with Crippen molar-refractivity contribution < 1.29 is 29.0 Å². The smallest absolute Gasteiger partial charge is 0.333 e. The molecule has 3 rings (SSSR count). The van der Waals surface area contributed by atoms with E-state index in [1.54, 1.807) is 57.2 Å². The van der Waals surface area contributed by atoms with Crippen LogP contribution in [0, 0.1) is 0 Å². The second-order valence-corrected chi connectivity index (χ2v) is 9.41. The summed E-state index contributed by atoms with van der Waals surface area (Å²) in [5.41, 5.74) is 1.41. The van der Waals surface area contributed by atoms with Crippen molar-refractivity contribution in [3.05, 3.63) is 89.5 Å². The second kappa shape index (κ2) is 12.1. The first kappa shape index (κ1) is 27.3. The minimum absolute atomic E-state index is 0.0400. The van der Waals surface area contributed by atoms with Gasteiger partial charge in [0.05, 0.1) is 13.0 Å². The number of hydrogen-bond donors (Lipinski definition) is 3. The third kappa shape index (κ3) is 8.38. The molecule has 0 fully saturated rings. The number of benzene rings is 3. The highest BCUT2D eigenvalue weighted by molar-refractivity contribution is 5.98. The highest BCUT2D eigenvalue weighted by Gasteiger charge is 2.28. The average Bonchev–Trinajstić information content (AvgIpc) is 2.84. The van der Waals surface area contributed by atoms with Gasteiger partial charge in [0.25, 0.3) is 5.91 Å². The van der Waals surface area contributed by atoms with E-state index < -0.39 is 23.5 Å². The van der Waals surface area contributed by atoms with Crippen molar-refractivity contribution >= 4 is 23.5 Å². The first-order valence-electron chi connectivity index (χ1n) is 12.0. The van der Waals surface area contributed by atoms with E-state index >= 15 is 0 Å². The third-order valence-electron chi connectivity index (χ3n) is 5.17. The van der Waals surface area contributed by atoms with Crippen molar-refractivity contribution in [2.45, 2.75) is 45.8 Å². The summed E-state index contributed by atoms with van der Waals surface area (Å²) in [6, 6.07) is 18.6. The molecule has 0 spiro atoms. The predicted molar refractivity (Wildman–Crippen MR) is 141 cm³/mol. The predicted octanol–water partition coefficient (Wildman–Crippen LogP) is 4.78. The van der Waals surface area contributed by atoms with E-state index in [1.807, 2.05) is 31.2 Å². The zero-order chi connectivity index (χ0) is 27.0. The fourth-order valence-electron chi connectivity index (χ4n) is 3.49. The van der Waals surface area contributed by atoms with Crippen LogP contribution in [0.4, 0.5) is 5.69 Å². The summed E-state index contributed by atoms with van der Waals surface area (Å²) in [6.07, 6.45) is 0.193. The molecule has 0 saturated carbocycles. The lowest BCUT2D eigenvalue weighted by Gasteiger charge is -2.25. The second-order valence-electron chi connectivity index (χ2n) is 9.41. The Hall–Kier alpha value is -4.33. The van der Waals surface area contributed by atoms with E-state index in [0.29, 0.717) is 23.4 Å². The standard InChI is InChI=1S/C29H32N2O6/c1-5-36-24-16-6-19(7-17-24)18-25(33)30-22-12-8-21(9-13-22)27(34)31-26(28(35)37-29(2,3)4)20-10-14-23(32)15-11-20/h6-17,26,32H,5,18H2,1-4H3,(H,30,33)(H,31,34)/t26-/m0/s1. The normalized spacial score (nSPS) is 11.8. The highest BCUT2D eigenvalue weighted by atomic mass is 16.6. The van der Waals surface area contributed by atoms with Crippen molar-refractivity contribution in [3.8, 4) is 11.5 Å². The van der Waals surface area contributed by atoms with E-state index in [9.17, 15) is 19.5 Å². The number of carbonyl (C=O) groups excluding carboxylic acids is 3. The number of amides is 2. The summed E-state index contributed by atoms with van der Waals surface area (Å²) >= 11 is 0. The van der Waals surface area contributed by atoms with Crippen LogP contribution >= 0.6 is 0 Å². The molecule has 37 heavy (non-hydrogen) atoms. The van der Waals surface area contributed by atoms with Gasteiger partial charge >= 0.3 is 5.97 Å². The van der Waals surface area contributed by atoms with Gasteiger partial charge in [-0.2, -0.15) is 0 Å². The fraction of sp³-hybridized carbons (Fsp3) is 0.276. The zero-order valence-corrected chi connectivity index (χ0v) is 21.4. The van der Waals surface area contributed by atoms with Crippen LogP contribution in [0.3, 0.4) is 0 Å². The zero-order valence-electron chi connectivity index (χ0n) is 21.4. The van der Waals surface area contributed by atoms with Crippen molar-refractivity contribution in [2.75, 3.05) is 11.9 Å². The van der Waals surface area contributed by atoms with Gasteiger partial charge in [0.15, 0.2) is 6.04 Å². The van der Waals surface area contributed by atoms with Crippen molar-refractivity contribution in [3.63, 3.8) is 0 Å². The Labute approximate surface area is 216 Å². The molecule has 3 N–H and O–H groups in total. The molecular weight excluding hydrogens is 472 g/mol. The molecule has 2 amide bonds. The molecule has 0 radical (unpaired) electrons. The van der Waals surface area contributed by atoms with Gasteiger partial charge < -0.3 is 25.2 Å². The van der Waals surface area contributed by atoms with E-state index in [0.717, 1.165) is 11.3 Å². The lowest BCUT2D eigenvalue weighted by atomic mass is 10.1. The Balaban J connectivity index is 1.65. The fourth-order valence-corrected chi connectivity index (χ4v) is 3.49. The molecule has 0 aliphatic rings. The topological polar surface area (TPSA) is 114 Å². The van der Waals surface area contributed by atoms with Gasteiger partial charge in [0.1, 0.15) is 17.1 Å². The number of nitrogens with one attached hydrogen (secondary N) is 2. The first-order chi connectivity index (χ1) is 17.5. The van der Waals surface area contributed by atoms with E-state index in [4.69, 9.17) is 9.47 Å². The number of phenolic OH excluding ortho intramolecular Hbond substituents is 1. The molecule has 0 bridgehead atoms. The molecule has 0 saturated heterocycles. The summed E-state index contributed by atoms with van der Waals surface area (Å²) in [5, 5.41) is 15.1. The minimum atomic E-state index is -1.07. The average molecular weight is 505 g/mol. The SMILES string of the molecule is CCOc1ccc(CC(=O)Nc2ccc(C(=O)N[C@H](C(=O)OC(C)(C)C)c3ccc(O)cc3)cc2)cc1. The largest absolute Gasteiger partial charge is 0.508 e. The maximum atomic E-state index is 12.9. The number of phenols is 1. The minimum Gasteiger partial charge on any atom is -0.508 e. The van der Waals surface area contributed by atoms with Crippen LogP contribution in [-0.4, -0.2) is 35.1 Å². The molecule has 0 aliphatic carbocycles. The van der Waals surface area contributed by atoms with Gasteiger partial charge in [0, 0.05) is 11.3 Å². The molecule has 3 aromatic carbocycles. The molecule has 8 nitrogen and oxygen atoms in total. The van der Waals surface area contributed by atoms with Gasteiger partial charge in [-0.15, -0.1) is 0 Å². The summed E-state index contributed by atoms with van der Waals surface area (Å²) < 4.78 is 10.9. The molecule has 8 heteroatoms. The monoisotopic (exact) mass is 504 g/mol. The van der Waals surface area contributed by atoms with Crippen molar-refractivity contribution in [1.82, 2.24) is 5.32 Å². The van der Waals surface area contributed by atoms with Crippen molar-refractivity contribution in [1.29, 1.82) is 0 Å². The highest BCUT2D eigenvalue weighted by Crippen LogP contribution is 2.22. The number of aromatic hydroxyl groups is 1. The summed E-state index contributed by atoms with van der Waals surface area (Å²) in [6.45, 7) is 7.70. The third-order valence-corrected chi connectivity index (χ3v) is 5.17. The molecule has 3 aromatic rings. The summed E-state index contributed by atoms with van der Waals surface area (Å²) in [4.78, 5) is 38.2. The van der Waals surface area contributed by atoms with Crippen LogP contribution in [0.1, 0.15) is 55.2 Å². The number of hydrogen-bond acceptors (Lipinski definition) is 6. The molecule has 0 unspecified atom stereocenters. The maximum Gasteiger partial charge on any atom is 0.333 e. The van der Waals surface area contributed by atoms with Gasteiger partial charge in [0.2, 0.25) is 5.91 Å². The lowest BCUT2D eigenvalue weighted by Crippen LogP contribution is -2.38. The summed E-state index contributed by atoms with van der Waals surface area (Å²) in [7, 11) is 0. The van der Waals surface area contributed by atoms with Gasteiger partial charge in [-0.25, -0.2) is 4.79 Å². The van der Waals surface area contributed by atoms with E-state index in [2.05, 4.69) is 10.6 Å². The van der Waals surface area contributed by atoms with E-state index in [-0.39, 0.29) is 18.1 Å². The number of rotatable bonds is 9. The number of carbonyl (C=O) groups is 3. The Kier molecular flexibility index (Phi) is 8.90. The Morgan fingerprint density at radius 2 is 1.51 bits per heavy atom. The Morgan fingerprint density at radius 1 is 0.892 bits per heavy atom. The number of esters is 1. The number of ether oxygens (including phenoxy) is 2. The molecule has 0 aromatic heterocycles.